The van der Waals surface area contributed by atoms with Gasteiger partial charge in [0, 0.05) is 23.0 Å². The van der Waals surface area contributed by atoms with Gasteiger partial charge in [-0.2, -0.15) is 0 Å². The van der Waals surface area contributed by atoms with Crippen LogP contribution in [-0.4, -0.2) is 36.5 Å². The number of piperidine rings is 1. The summed E-state index contributed by atoms with van der Waals surface area (Å²) in [4.78, 5) is 29.2. The zero-order chi connectivity index (χ0) is 19.4. The van der Waals surface area contributed by atoms with Crippen LogP contribution in [0.3, 0.4) is 0 Å². The molecule has 1 aromatic carbocycles. The van der Waals surface area contributed by atoms with Crippen LogP contribution in [0, 0.1) is 12.3 Å². The molecular weight excluding hydrogens is 382 g/mol. The first kappa shape index (κ1) is 19.9. The minimum absolute atomic E-state index is 0.0528. The predicted octanol–water partition coefficient (Wildman–Crippen LogP) is 4.74. The fourth-order valence-corrected chi connectivity index (χ4v) is 4.53. The molecule has 2 aromatic rings. The lowest BCUT2D eigenvalue weighted by molar-refractivity contribution is -0.158. The van der Waals surface area contributed by atoms with Crippen molar-refractivity contribution in [1.82, 2.24) is 4.90 Å². The van der Waals surface area contributed by atoms with Crippen LogP contribution in [0.15, 0.2) is 36.4 Å². The molecule has 27 heavy (non-hydrogen) atoms. The quantitative estimate of drug-likeness (QED) is 0.675. The van der Waals surface area contributed by atoms with Crippen LogP contribution in [0.4, 0.5) is 0 Å². The Morgan fingerprint density at radius 3 is 2.37 bits per heavy atom. The molecule has 1 fully saturated rings. The minimum Gasteiger partial charge on any atom is -0.466 e. The Kier molecular flexibility index (Phi) is 6.22. The summed E-state index contributed by atoms with van der Waals surface area (Å²) in [6.07, 6.45) is 1.80. The number of ether oxygens (including phenoxy) is 1. The molecule has 4 nitrogen and oxygen atoms in total. The molecule has 3 rings (SSSR count). The summed E-state index contributed by atoms with van der Waals surface area (Å²) in [5, 5.41) is 0.676. The number of hydrogen-bond donors (Lipinski definition) is 0. The molecule has 1 aliphatic rings. The second kappa shape index (κ2) is 8.44. The average Bonchev–Trinajstić information content (AvgIpc) is 3.10. The summed E-state index contributed by atoms with van der Waals surface area (Å²) >= 11 is 7.49. The Bertz CT molecular complexity index is 807. The predicted molar refractivity (Wildman–Crippen MR) is 108 cm³/mol. The number of esters is 1. The van der Waals surface area contributed by atoms with Crippen LogP contribution < -0.4 is 0 Å². The number of amides is 1. The average molecular weight is 406 g/mol. The first-order chi connectivity index (χ1) is 12.9. The van der Waals surface area contributed by atoms with Crippen molar-refractivity contribution < 1.29 is 14.3 Å². The third kappa shape index (κ3) is 4.53. The van der Waals surface area contributed by atoms with E-state index in [4.69, 9.17) is 16.3 Å². The van der Waals surface area contributed by atoms with E-state index in [1.54, 1.807) is 0 Å². The van der Waals surface area contributed by atoms with Crippen molar-refractivity contribution in [2.24, 2.45) is 5.41 Å². The summed E-state index contributed by atoms with van der Waals surface area (Å²) in [6, 6.07) is 11.4. The Hall–Kier alpha value is -1.85. The molecule has 0 saturated carbocycles. The largest absolute Gasteiger partial charge is 0.466 e. The number of nitrogens with zero attached hydrogens (tertiary/aromatic N) is 1. The Morgan fingerprint density at radius 2 is 1.81 bits per heavy atom. The van der Waals surface area contributed by atoms with Crippen molar-refractivity contribution in [3.63, 3.8) is 0 Å². The van der Waals surface area contributed by atoms with Crippen LogP contribution >= 0.6 is 22.9 Å². The van der Waals surface area contributed by atoms with Gasteiger partial charge in [0.25, 0.3) is 5.91 Å². The number of carbonyl (C=O) groups excluding carboxylic acids is 2. The molecule has 1 aliphatic heterocycles. The van der Waals surface area contributed by atoms with Crippen LogP contribution in [-0.2, 0) is 16.0 Å². The highest BCUT2D eigenvalue weighted by Gasteiger charge is 2.43. The molecule has 1 aromatic heterocycles. The van der Waals surface area contributed by atoms with E-state index < -0.39 is 5.41 Å². The Labute approximate surface area is 169 Å². The van der Waals surface area contributed by atoms with E-state index in [1.165, 1.54) is 11.3 Å². The number of halogens is 1. The van der Waals surface area contributed by atoms with E-state index in [-0.39, 0.29) is 11.9 Å². The Morgan fingerprint density at radius 1 is 1.15 bits per heavy atom. The summed E-state index contributed by atoms with van der Waals surface area (Å²) in [5.74, 6) is -0.115. The summed E-state index contributed by atoms with van der Waals surface area (Å²) in [5.41, 5.74) is 0.465. The maximum atomic E-state index is 12.8. The van der Waals surface area contributed by atoms with Crippen LogP contribution in [0.25, 0.3) is 0 Å². The zero-order valence-electron chi connectivity index (χ0n) is 15.7. The summed E-state index contributed by atoms with van der Waals surface area (Å²) in [7, 11) is 0. The molecule has 0 spiro atoms. The second-order valence-corrected chi connectivity index (χ2v) is 8.73. The number of rotatable bonds is 5. The van der Waals surface area contributed by atoms with Crippen molar-refractivity contribution >= 4 is 34.8 Å². The molecule has 6 heteroatoms. The van der Waals surface area contributed by atoms with Crippen molar-refractivity contribution in [2.45, 2.75) is 33.1 Å². The molecule has 1 amide bonds. The van der Waals surface area contributed by atoms with E-state index >= 15 is 0 Å². The van der Waals surface area contributed by atoms with Gasteiger partial charge in [-0.3, -0.25) is 9.59 Å². The number of likely N-dealkylation sites (tertiary alicyclic amines) is 1. The molecule has 0 atom stereocenters. The van der Waals surface area contributed by atoms with Gasteiger partial charge in [0.1, 0.15) is 0 Å². The van der Waals surface area contributed by atoms with Gasteiger partial charge in [-0.1, -0.05) is 23.7 Å². The second-order valence-electron chi connectivity index (χ2n) is 7.01. The lowest BCUT2D eigenvalue weighted by Gasteiger charge is -2.40. The van der Waals surface area contributed by atoms with E-state index in [9.17, 15) is 9.59 Å². The molecule has 0 bridgehead atoms. The maximum Gasteiger partial charge on any atom is 0.312 e. The van der Waals surface area contributed by atoms with Gasteiger partial charge < -0.3 is 9.64 Å². The molecule has 1 saturated heterocycles. The van der Waals surface area contributed by atoms with Gasteiger partial charge in [-0.05, 0) is 62.9 Å². The molecular formula is C21H24ClNO3S. The molecule has 0 N–H and O–H groups in total. The smallest absolute Gasteiger partial charge is 0.312 e. The number of carbonyl (C=O) groups is 2. The van der Waals surface area contributed by atoms with E-state index in [0.717, 1.165) is 15.3 Å². The van der Waals surface area contributed by atoms with Crippen molar-refractivity contribution in [2.75, 3.05) is 19.7 Å². The van der Waals surface area contributed by atoms with Crippen molar-refractivity contribution in [3.05, 3.63) is 56.7 Å². The van der Waals surface area contributed by atoms with Crippen molar-refractivity contribution in [1.29, 1.82) is 0 Å². The van der Waals surface area contributed by atoms with Gasteiger partial charge in [0.2, 0.25) is 0 Å². The van der Waals surface area contributed by atoms with Crippen molar-refractivity contribution in [3.8, 4) is 0 Å². The van der Waals surface area contributed by atoms with Gasteiger partial charge in [-0.15, -0.1) is 11.3 Å². The number of benzene rings is 1. The highest BCUT2D eigenvalue weighted by atomic mass is 35.5. The minimum atomic E-state index is -0.591. The third-order valence-corrected chi connectivity index (χ3v) is 6.36. The third-order valence-electron chi connectivity index (χ3n) is 5.12. The number of thiophene rings is 1. The van der Waals surface area contributed by atoms with Gasteiger partial charge in [-0.25, -0.2) is 0 Å². The zero-order valence-corrected chi connectivity index (χ0v) is 17.2. The van der Waals surface area contributed by atoms with E-state index in [0.29, 0.717) is 44.0 Å². The highest BCUT2D eigenvalue weighted by molar-refractivity contribution is 7.13. The van der Waals surface area contributed by atoms with Crippen LogP contribution in [0.5, 0.6) is 0 Å². The first-order valence-corrected chi connectivity index (χ1v) is 10.4. The standard InChI is InChI=1S/C21H24ClNO3S/c1-3-26-20(25)21(14-16-5-7-17(22)8-6-16)10-12-23(13-11-21)19(24)18-9-4-15(2)27-18/h4-9H,3,10-14H2,1-2H3. The van der Waals surface area contributed by atoms with Gasteiger partial charge >= 0.3 is 5.97 Å². The Balaban J connectivity index is 1.74. The van der Waals surface area contributed by atoms with E-state index in [1.807, 2.05) is 55.1 Å². The van der Waals surface area contributed by atoms with Crippen LogP contribution in [0.2, 0.25) is 5.02 Å². The van der Waals surface area contributed by atoms with Gasteiger partial charge in [0.05, 0.1) is 16.9 Å². The first-order valence-electron chi connectivity index (χ1n) is 9.21. The summed E-state index contributed by atoms with van der Waals surface area (Å²) in [6.45, 7) is 5.30. The lowest BCUT2D eigenvalue weighted by atomic mass is 9.73. The maximum absolute atomic E-state index is 12.8. The van der Waals surface area contributed by atoms with Crippen LogP contribution in [0.1, 0.15) is 39.9 Å². The topological polar surface area (TPSA) is 46.6 Å². The highest BCUT2D eigenvalue weighted by Crippen LogP contribution is 2.37. The number of aryl methyl sites for hydroxylation is 1. The monoisotopic (exact) mass is 405 g/mol. The summed E-state index contributed by atoms with van der Waals surface area (Å²) < 4.78 is 5.40. The fraction of sp³-hybridized carbons (Fsp3) is 0.429. The normalized spacial score (nSPS) is 16.2. The molecule has 0 unspecified atom stereocenters. The number of hydrogen-bond acceptors (Lipinski definition) is 4. The van der Waals surface area contributed by atoms with E-state index in [2.05, 4.69) is 0 Å². The molecule has 0 radical (unpaired) electrons. The lowest BCUT2D eigenvalue weighted by Crippen LogP contribution is -2.48. The fourth-order valence-electron chi connectivity index (χ4n) is 3.57. The molecule has 2 heterocycles. The molecule has 0 aliphatic carbocycles. The van der Waals surface area contributed by atoms with Gasteiger partial charge in [0.15, 0.2) is 0 Å². The SMILES string of the molecule is CCOC(=O)C1(Cc2ccc(Cl)cc2)CCN(C(=O)c2ccc(C)s2)CC1. The molecule has 144 valence electrons.